The first-order chi connectivity index (χ1) is 8.16. The highest BCUT2D eigenvalue weighted by Crippen LogP contribution is 2.18. The van der Waals surface area contributed by atoms with Gasteiger partial charge in [0.05, 0.1) is 5.92 Å². The molecule has 1 amide bonds. The number of hydrogen-bond donors (Lipinski definition) is 2. The lowest BCUT2D eigenvalue weighted by Gasteiger charge is -2.29. The van der Waals surface area contributed by atoms with Gasteiger partial charge in [-0.1, -0.05) is 13.8 Å². The van der Waals surface area contributed by atoms with Gasteiger partial charge >= 0.3 is 0 Å². The fourth-order valence-electron chi connectivity index (χ4n) is 2.67. The van der Waals surface area contributed by atoms with Crippen molar-refractivity contribution in [1.29, 1.82) is 0 Å². The molecule has 2 rings (SSSR count). The van der Waals surface area contributed by atoms with E-state index in [1.807, 2.05) is 0 Å². The van der Waals surface area contributed by atoms with Crippen LogP contribution < -0.4 is 10.6 Å². The molecule has 4 heteroatoms. The van der Waals surface area contributed by atoms with Crippen molar-refractivity contribution in [3.63, 3.8) is 0 Å². The number of nitrogens with zero attached hydrogens (tertiary/aromatic N) is 1. The van der Waals surface area contributed by atoms with Gasteiger partial charge in [-0.15, -0.1) is 0 Å². The van der Waals surface area contributed by atoms with Crippen molar-refractivity contribution < 1.29 is 4.79 Å². The van der Waals surface area contributed by atoms with E-state index in [1.54, 1.807) is 0 Å². The number of hydrogen-bond acceptors (Lipinski definition) is 3. The lowest BCUT2D eigenvalue weighted by molar-refractivity contribution is -0.126. The van der Waals surface area contributed by atoms with E-state index in [-0.39, 0.29) is 11.8 Å². The second-order valence-corrected chi connectivity index (χ2v) is 5.79. The molecule has 0 saturated carbocycles. The average molecular weight is 239 g/mol. The summed E-state index contributed by atoms with van der Waals surface area (Å²) in [5.41, 5.74) is 0. The van der Waals surface area contributed by atoms with Gasteiger partial charge < -0.3 is 10.6 Å². The Bertz CT molecular complexity index is 263. The van der Waals surface area contributed by atoms with Crippen LogP contribution in [0.4, 0.5) is 0 Å². The summed E-state index contributed by atoms with van der Waals surface area (Å²) in [7, 11) is 0. The molecule has 0 aliphatic carbocycles. The first-order valence-corrected chi connectivity index (χ1v) is 6.89. The van der Waals surface area contributed by atoms with E-state index in [0.717, 1.165) is 26.2 Å². The smallest absolute Gasteiger partial charge is 0.225 e. The van der Waals surface area contributed by atoms with Gasteiger partial charge in [-0.05, 0) is 25.3 Å². The zero-order chi connectivity index (χ0) is 12.3. The Hall–Kier alpha value is -0.610. The fourth-order valence-corrected chi connectivity index (χ4v) is 2.67. The number of carbonyl (C=O) groups is 1. The normalized spacial score (nSPS) is 26.2. The topological polar surface area (TPSA) is 44.4 Å². The van der Waals surface area contributed by atoms with Crippen molar-refractivity contribution >= 4 is 5.91 Å². The van der Waals surface area contributed by atoms with Gasteiger partial charge in [-0.25, -0.2) is 0 Å². The van der Waals surface area contributed by atoms with Crippen LogP contribution in [0.15, 0.2) is 0 Å². The van der Waals surface area contributed by atoms with E-state index in [1.165, 1.54) is 19.4 Å². The molecule has 0 unspecified atom stereocenters. The van der Waals surface area contributed by atoms with Crippen LogP contribution in [0.1, 0.15) is 26.7 Å². The Morgan fingerprint density at radius 3 is 2.82 bits per heavy atom. The Morgan fingerprint density at radius 2 is 2.24 bits per heavy atom. The molecule has 2 fully saturated rings. The lowest BCUT2D eigenvalue weighted by Crippen LogP contribution is -2.52. The first kappa shape index (κ1) is 12.8. The van der Waals surface area contributed by atoms with Gasteiger partial charge in [0.15, 0.2) is 0 Å². The van der Waals surface area contributed by atoms with Crippen molar-refractivity contribution in [2.45, 2.75) is 32.7 Å². The van der Waals surface area contributed by atoms with E-state index in [0.29, 0.717) is 12.0 Å². The van der Waals surface area contributed by atoms with Crippen LogP contribution >= 0.6 is 0 Å². The summed E-state index contributed by atoms with van der Waals surface area (Å²) in [6.07, 6.45) is 2.51. The molecule has 2 aliphatic rings. The zero-order valence-electron chi connectivity index (χ0n) is 11.0. The van der Waals surface area contributed by atoms with Crippen LogP contribution in [-0.2, 0) is 4.79 Å². The summed E-state index contributed by atoms with van der Waals surface area (Å²) in [6.45, 7) is 9.41. The summed E-state index contributed by atoms with van der Waals surface area (Å²) < 4.78 is 0. The molecular weight excluding hydrogens is 214 g/mol. The predicted molar refractivity (Wildman–Crippen MR) is 68.8 cm³/mol. The minimum atomic E-state index is 0.218. The van der Waals surface area contributed by atoms with Crippen LogP contribution in [0.2, 0.25) is 0 Å². The fraction of sp³-hybridized carbons (Fsp3) is 0.923. The molecule has 0 radical (unpaired) electrons. The van der Waals surface area contributed by atoms with Crippen molar-refractivity contribution in [1.82, 2.24) is 15.5 Å². The van der Waals surface area contributed by atoms with Crippen LogP contribution in [0, 0.1) is 11.8 Å². The third kappa shape index (κ3) is 3.42. The Balaban J connectivity index is 1.71. The molecule has 0 aromatic rings. The van der Waals surface area contributed by atoms with Gasteiger partial charge in [-0.3, -0.25) is 9.69 Å². The second kappa shape index (κ2) is 5.83. The third-order valence-corrected chi connectivity index (χ3v) is 3.76. The van der Waals surface area contributed by atoms with E-state index >= 15 is 0 Å². The molecule has 2 N–H and O–H groups in total. The zero-order valence-corrected chi connectivity index (χ0v) is 11.0. The van der Waals surface area contributed by atoms with Crippen LogP contribution in [0.3, 0.4) is 0 Å². The number of amides is 1. The summed E-state index contributed by atoms with van der Waals surface area (Å²) >= 11 is 0. The van der Waals surface area contributed by atoms with Crippen molar-refractivity contribution in [2.75, 3.05) is 32.7 Å². The molecule has 2 heterocycles. The standard InChI is InChI=1S/C13H25N3O/c1-10(2)9-16-5-3-4-12(16)8-15-13(17)11-6-14-7-11/h10-12,14H,3-9H2,1-2H3,(H,15,17)/t12-/m1/s1. The quantitative estimate of drug-likeness (QED) is 0.732. The maximum absolute atomic E-state index is 11.7. The number of likely N-dealkylation sites (tertiary alicyclic amines) is 1. The SMILES string of the molecule is CC(C)CN1CCC[C@@H]1CNC(=O)C1CNC1. The van der Waals surface area contributed by atoms with Gasteiger partial charge in [0, 0.05) is 32.2 Å². The van der Waals surface area contributed by atoms with Crippen molar-refractivity contribution in [3.8, 4) is 0 Å². The molecule has 4 nitrogen and oxygen atoms in total. The maximum atomic E-state index is 11.7. The van der Waals surface area contributed by atoms with E-state index in [4.69, 9.17) is 0 Å². The second-order valence-electron chi connectivity index (χ2n) is 5.79. The first-order valence-electron chi connectivity index (χ1n) is 6.89. The Morgan fingerprint density at radius 1 is 1.47 bits per heavy atom. The number of nitrogens with one attached hydrogen (secondary N) is 2. The molecule has 0 aromatic carbocycles. The molecule has 0 spiro atoms. The third-order valence-electron chi connectivity index (χ3n) is 3.76. The molecule has 98 valence electrons. The monoisotopic (exact) mass is 239 g/mol. The minimum absolute atomic E-state index is 0.218. The highest BCUT2D eigenvalue weighted by molar-refractivity contribution is 5.80. The van der Waals surface area contributed by atoms with Crippen LogP contribution in [-0.4, -0.2) is 49.6 Å². The van der Waals surface area contributed by atoms with E-state index in [2.05, 4.69) is 29.4 Å². The average Bonchev–Trinajstić information content (AvgIpc) is 2.58. The summed E-state index contributed by atoms with van der Waals surface area (Å²) in [4.78, 5) is 14.3. The van der Waals surface area contributed by atoms with Crippen LogP contribution in [0.5, 0.6) is 0 Å². The Kier molecular flexibility index (Phi) is 4.40. The maximum Gasteiger partial charge on any atom is 0.225 e. The lowest BCUT2D eigenvalue weighted by atomic mass is 10.0. The predicted octanol–water partition coefficient (Wildman–Crippen LogP) is 0.442. The van der Waals surface area contributed by atoms with Crippen LogP contribution in [0.25, 0.3) is 0 Å². The summed E-state index contributed by atoms with van der Waals surface area (Å²) in [6, 6.07) is 0.564. The van der Waals surface area contributed by atoms with Crippen molar-refractivity contribution in [3.05, 3.63) is 0 Å². The molecule has 2 aliphatic heterocycles. The molecule has 1 atom stereocenters. The van der Waals surface area contributed by atoms with Gasteiger partial charge in [-0.2, -0.15) is 0 Å². The molecule has 17 heavy (non-hydrogen) atoms. The minimum Gasteiger partial charge on any atom is -0.354 e. The van der Waals surface area contributed by atoms with Gasteiger partial charge in [0.1, 0.15) is 0 Å². The summed E-state index contributed by atoms with van der Waals surface area (Å²) in [5, 5.41) is 6.24. The highest BCUT2D eigenvalue weighted by Gasteiger charge is 2.28. The molecular formula is C13H25N3O. The highest BCUT2D eigenvalue weighted by atomic mass is 16.2. The van der Waals surface area contributed by atoms with E-state index < -0.39 is 0 Å². The number of carbonyl (C=O) groups excluding carboxylic acids is 1. The van der Waals surface area contributed by atoms with Gasteiger partial charge in [0.25, 0.3) is 0 Å². The number of rotatable bonds is 5. The van der Waals surface area contributed by atoms with Gasteiger partial charge in [0.2, 0.25) is 5.91 Å². The molecule has 0 aromatic heterocycles. The molecule has 0 bridgehead atoms. The Labute approximate surface area is 104 Å². The molecule has 2 saturated heterocycles. The largest absolute Gasteiger partial charge is 0.354 e. The summed E-state index contributed by atoms with van der Waals surface area (Å²) in [5.74, 6) is 1.16. The van der Waals surface area contributed by atoms with Crippen molar-refractivity contribution in [2.24, 2.45) is 11.8 Å². The van der Waals surface area contributed by atoms with E-state index in [9.17, 15) is 4.79 Å².